The number of carbonyl (C=O) groups is 1. The van der Waals surface area contributed by atoms with E-state index in [0.29, 0.717) is 16.8 Å². The van der Waals surface area contributed by atoms with Gasteiger partial charge in [0, 0.05) is 24.4 Å². The fourth-order valence-corrected chi connectivity index (χ4v) is 2.23. The first-order valence-corrected chi connectivity index (χ1v) is 5.89. The highest BCUT2D eigenvalue weighted by Crippen LogP contribution is 2.20. The molecule has 19 heavy (non-hydrogen) atoms. The molecule has 0 aliphatic carbocycles. The maximum atomic E-state index is 11.9. The summed E-state index contributed by atoms with van der Waals surface area (Å²) in [4.78, 5) is 23.0. The lowest BCUT2D eigenvalue weighted by atomic mass is 10.2. The highest BCUT2D eigenvalue weighted by atomic mass is 16.4. The van der Waals surface area contributed by atoms with Gasteiger partial charge in [-0.05, 0) is 31.2 Å². The van der Waals surface area contributed by atoms with Crippen LogP contribution < -0.4 is 10.9 Å². The Kier molecular flexibility index (Phi) is 2.41. The number of fused-ring (bicyclic) bond motifs is 3. The number of rotatable bonds is 1. The monoisotopic (exact) mass is 256 g/mol. The molecule has 2 heterocycles. The Morgan fingerprint density at radius 3 is 2.79 bits per heavy atom. The minimum atomic E-state index is -0.409. The molecule has 5 heteroatoms. The van der Waals surface area contributed by atoms with Crippen molar-refractivity contribution in [3.05, 3.63) is 46.4 Å². The van der Waals surface area contributed by atoms with Crippen LogP contribution in [0.4, 0.5) is 5.69 Å². The molecule has 3 aromatic rings. The van der Waals surface area contributed by atoms with Crippen molar-refractivity contribution in [2.45, 2.75) is 13.8 Å². The summed E-state index contributed by atoms with van der Waals surface area (Å²) in [6, 6.07) is 8.85. The zero-order valence-electron chi connectivity index (χ0n) is 10.6. The van der Waals surface area contributed by atoms with Crippen LogP contribution in [0.1, 0.15) is 12.6 Å². The van der Waals surface area contributed by atoms with Crippen molar-refractivity contribution < 1.29 is 9.21 Å². The largest absolute Gasteiger partial charge is 0.405 e. The number of aromatic nitrogens is 1. The van der Waals surface area contributed by atoms with Crippen molar-refractivity contribution in [2.75, 3.05) is 5.32 Å². The lowest BCUT2D eigenvalue weighted by Crippen LogP contribution is -2.08. The van der Waals surface area contributed by atoms with Gasteiger partial charge < -0.3 is 9.73 Å². The van der Waals surface area contributed by atoms with Crippen molar-refractivity contribution in [2.24, 2.45) is 0 Å². The highest BCUT2D eigenvalue weighted by Gasteiger charge is 2.09. The molecular formula is C14H12N2O3. The maximum absolute atomic E-state index is 11.9. The van der Waals surface area contributed by atoms with Crippen LogP contribution in [-0.4, -0.2) is 10.3 Å². The first-order chi connectivity index (χ1) is 9.06. The number of nitrogens with one attached hydrogen (secondary N) is 1. The Labute approximate surface area is 108 Å². The Hall–Kier alpha value is -2.56. The van der Waals surface area contributed by atoms with E-state index in [1.807, 2.05) is 17.4 Å². The summed E-state index contributed by atoms with van der Waals surface area (Å²) in [5.41, 5.74) is 2.44. The zero-order chi connectivity index (χ0) is 13.6. The summed E-state index contributed by atoms with van der Waals surface area (Å²) < 4.78 is 7.12. The van der Waals surface area contributed by atoms with Crippen LogP contribution in [0.25, 0.3) is 16.6 Å². The van der Waals surface area contributed by atoms with E-state index in [-0.39, 0.29) is 5.91 Å². The summed E-state index contributed by atoms with van der Waals surface area (Å²) in [6.45, 7) is 3.36. The third-order valence-electron chi connectivity index (χ3n) is 3.02. The van der Waals surface area contributed by atoms with E-state index < -0.39 is 5.63 Å². The van der Waals surface area contributed by atoms with E-state index in [2.05, 4.69) is 5.32 Å². The second-order valence-electron chi connectivity index (χ2n) is 4.45. The van der Waals surface area contributed by atoms with E-state index in [4.69, 9.17) is 4.42 Å². The molecule has 0 bridgehead atoms. The molecule has 1 amide bonds. The predicted octanol–water partition coefficient (Wildman–Crippen LogP) is 2.31. The molecule has 0 saturated carbocycles. The van der Waals surface area contributed by atoms with Gasteiger partial charge in [-0.15, -0.1) is 0 Å². The second kappa shape index (κ2) is 3.98. The molecule has 5 nitrogen and oxygen atoms in total. The Bertz CT molecular complexity index is 858. The van der Waals surface area contributed by atoms with Crippen molar-refractivity contribution in [3.63, 3.8) is 0 Å². The number of anilines is 1. The number of amides is 1. The van der Waals surface area contributed by atoms with Crippen LogP contribution in [0.15, 0.2) is 39.5 Å². The molecule has 0 saturated heterocycles. The summed E-state index contributed by atoms with van der Waals surface area (Å²) in [6.07, 6.45) is 0. The van der Waals surface area contributed by atoms with Gasteiger partial charge in [0.15, 0.2) is 0 Å². The van der Waals surface area contributed by atoms with Crippen LogP contribution >= 0.6 is 0 Å². The maximum Gasteiger partial charge on any atom is 0.347 e. The SMILES string of the molecule is CC(=O)Nc1ccc2c(c1)c(=O)oc1ccc(C)n12. The lowest BCUT2D eigenvalue weighted by Gasteiger charge is -2.06. The van der Waals surface area contributed by atoms with Crippen LogP contribution in [0.3, 0.4) is 0 Å². The molecule has 2 aromatic heterocycles. The number of hydrogen-bond donors (Lipinski definition) is 1. The van der Waals surface area contributed by atoms with Gasteiger partial charge in [0.05, 0.1) is 10.9 Å². The van der Waals surface area contributed by atoms with Gasteiger partial charge in [0.25, 0.3) is 0 Å². The van der Waals surface area contributed by atoms with E-state index >= 15 is 0 Å². The first-order valence-electron chi connectivity index (χ1n) is 5.89. The van der Waals surface area contributed by atoms with Gasteiger partial charge in [0.1, 0.15) is 0 Å². The van der Waals surface area contributed by atoms with E-state index in [1.54, 1.807) is 24.3 Å². The summed E-state index contributed by atoms with van der Waals surface area (Å²) in [5, 5.41) is 3.09. The third-order valence-corrected chi connectivity index (χ3v) is 3.02. The standard InChI is InChI=1S/C14H12N2O3/c1-8-3-6-13-16(8)12-5-4-10(15-9(2)17)7-11(12)14(18)19-13/h3-7H,1-2H3,(H,15,17). The molecule has 0 spiro atoms. The summed E-state index contributed by atoms with van der Waals surface area (Å²) in [7, 11) is 0. The molecule has 96 valence electrons. The van der Waals surface area contributed by atoms with Gasteiger partial charge in [-0.25, -0.2) is 4.79 Å². The number of nitrogens with zero attached hydrogens (tertiary/aromatic N) is 1. The fraction of sp³-hybridized carbons (Fsp3) is 0.143. The molecule has 0 radical (unpaired) electrons. The zero-order valence-corrected chi connectivity index (χ0v) is 10.6. The first kappa shape index (κ1) is 11.5. The summed E-state index contributed by atoms with van der Waals surface area (Å²) in [5.74, 6) is -0.179. The normalized spacial score (nSPS) is 11.1. The lowest BCUT2D eigenvalue weighted by molar-refractivity contribution is -0.114. The molecule has 1 aromatic carbocycles. The smallest absolute Gasteiger partial charge is 0.347 e. The van der Waals surface area contributed by atoms with Crippen molar-refractivity contribution >= 4 is 28.2 Å². The molecule has 0 aliphatic rings. The number of benzene rings is 1. The summed E-state index contributed by atoms with van der Waals surface area (Å²) >= 11 is 0. The molecule has 0 atom stereocenters. The minimum Gasteiger partial charge on any atom is -0.405 e. The van der Waals surface area contributed by atoms with E-state index in [1.165, 1.54) is 6.92 Å². The molecule has 0 unspecified atom stereocenters. The average Bonchev–Trinajstić information content (AvgIpc) is 2.70. The number of aryl methyl sites for hydroxylation is 1. The molecule has 3 rings (SSSR count). The van der Waals surface area contributed by atoms with Crippen molar-refractivity contribution in [1.29, 1.82) is 0 Å². The molecular weight excluding hydrogens is 244 g/mol. The third kappa shape index (κ3) is 1.79. The van der Waals surface area contributed by atoms with Crippen molar-refractivity contribution in [3.8, 4) is 0 Å². The molecule has 1 N–H and O–H groups in total. The number of hydrogen-bond acceptors (Lipinski definition) is 3. The minimum absolute atomic E-state index is 0.179. The molecule has 0 aliphatic heterocycles. The van der Waals surface area contributed by atoms with Gasteiger partial charge >= 0.3 is 5.63 Å². The van der Waals surface area contributed by atoms with Gasteiger partial charge in [-0.2, -0.15) is 0 Å². The highest BCUT2D eigenvalue weighted by molar-refractivity contribution is 5.92. The van der Waals surface area contributed by atoms with E-state index in [0.717, 1.165) is 11.2 Å². The van der Waals surface area contributed by atoms with Crippen LogP contribution in [0.2, 0.25) is 0 Å². The average molecular weight is 256 g/mol. The van der Waals surface area contributed by atoms with E-state index in [9.17, 15) is 9.59 Å². The van der Waals surface area contributed by atoms with Gasteiger partial charge in [0.2, 0.25) is 11.6 Å². The topological polar surface area (TPSA) is 63.7 Å². The Morgan fingerprint density at radius 1 is 1.26 bits per heavy atom. The van der Waals surface area contributed by atoms with Crippen LogP contribution in [0.5, 0.6) is 0 Å². The Balaban J connectivity index is 2.37. The fourth-order valence-electron chi connectivity index (χ4n) is 2.23. The van der Waals surface area contributed by atoms with Crippen LogP contribution in [-0.2, 0) is 4.79 Å². The predicted molar refractivity (Wildman–Crippen MR) is 72.5 cm³/mol. The number of carbonyl (C=O) groups excluding carboxylic acids is 1. The van der Waals surface area contributed by atoms with Crippen molar-refractivity contribution in [1.82, 2.24) is 4.40 Å². The molecule has 0 fully saturated rings. The Morgan fingerprint density at radius 2 is 2.05 bits per heavy atom. The van der Waals surface area contributed by atoms with Crippen LogP contribution in [0, 0.1) is 6.92 Å². The van der Waals surface area contributed by atoms with Gasteiger partial charge in [-0.3, -0.25) is 9.20 Å². The second-order valence-corrected chi connectivity index (χ2v) is 4.45. The van der Waals surface area contributed by atoms with Gasteiger partial charge in [-0.1, -0.05) is 0 Å². The quantitative estimate of drug-likeness (QED) is 0.726.